The molecule has 9 nitrogen and oxygen atoms in total. The molecule has 0 spiro atoms. The van der Waals surface area contributed by atoms with Crippen molar-refractivity contribution >= 4 is 17.7 Å². The SMILES string of the molecule is CCOC(=O)c1ccc2c(c1)N(C(=O)N1C3CCC(COCc4c(-c5ccccc5OC(F)(F)F)noc4C4CC4)C1CC3)CCC2. The molecule has 250 valence electrons. The van der Waals surface area contributed by atoms with E-state index in [9.17, 15) is 22.8 Å². The maximum atomic E-state index is 14.2. The third-order valence-corrected chi connectivity index (χ3v) is 9.84. The van der Waals surface area contributed by atoms with Crippen LogP contribution in [-0.2, 0) is 22.5 Å². The maximum absolute atomic E-state index is 14.2. The summed E-state index contributed by atoms with van der Waals surface area (Å²) in [6.45, 7) is 3.14. The molecule has 3 aliphatic heterocycles. The van der Waals surface area contributed by atoms with Gasteiger partial charge >= 0.3 is 18.4 Å². The monoisotopic (exact) mass is 653 g/mol. The van der Waals surface area contributed by atoms with E-state index in [4.69, 9.17) is 14.0 Å². The standard InChI is InChI=1S/C35H38F3N3O6/c1-2-45-33(42)23-12-9-21-6-5-17-40(29(21)18-23)34(43)41-25-14-13-24(28(41)16-15-25)19-44-20-27-31(39-47-32(27)22-10-11-22)26-7-3-4-8-30(26)46-35(36,37)38/h3-4,7-9,12,18,22,24-25,28H,2,5-6,10-11,13-17,19-20H2,1H3. The van der Waals surface area contributed by atoms with Gasteiger partial charge in [0, 0.05) is 47.3 Å². The summed E-state index contributed by atoms with van der Waals surface area (Å²) in [5.41, 5.74) is 3.37. The van der Waals surface area contributed by atoms with E-state index in [2.05, 4.69) is 9.89 Å². The van der Waals surface area contributed by atoms with Crippen LogP contribution in [0.1, 0.15) is 85.0 Å². The second-order valence-corrected chi connectivity index (χ2v) is 12.9. The molecular weight excluding hydrogens is 615 g/mol. The lowest BCUT2D eigenvalue weighted by atomic mass is 9.91. The summed E-state index contributed by atoms with van der Waals surface area (Å²) in [4.78, 5) is 30.6. The number of piperidine rings is 1. The average molecular weight is 654 g/mol. The van der Waals surface area contributed by atoms with E-state index in [-0.39, 0.29) is 54.5 Å². The third-order valence-electron chi connectivity index (χ3n) is 9.84. The molecule has 1 aliphatic carbocycles. The van der Waals surface area contributed by atoms with Crippen LogP contribution in [0, 0.1) is 5.92 Å². The smallest absolute Gasteiger partial charge is 0.462 e. The van der Waals surface area contributed by atoms with Crippen molar-refractivity contribution in [1.82, 2.24) is 10.1 Å². The van der Waals surface area contributed by atoms with Crippen molar-refractivity contribution in [2.75, 3.05) is 24.7 Å². The summed E-state index contributed by atoms with van der Waals surface area (Å²) < 4.78 is 61.1. The van der Waals surface area contributed by atoms with Crippen molar-refractivity contribution in [3.63, 3.8) is 0 Å². The van der Waals surface area contributed by atoms with Gasteiger partial charge in [-0.05, 0) is 88.1 Å². The van der Waals surface area contributed by atoms with E-state index in [1.165, 1.54) is 18.2 Å². The summed E-state index contributed by atoms with van der Waals surface area (Å²) in [5.74, 6) is 0.168. The third kappa shape index (κ3) is 6.44. The van der Waals surface area contributed by atoms with Gasteiger partial charge in [0.2, 0.25) is 0 Å². The lowest BCUT2D eigenvalue weighted by molar-refractivity contribution is -0.274. The van der Waals surface area contributed by atoms with E-state index < -0.39 is 12.3 Å². The van der Waals surface area contributed by atoms with E-state index >= 15 is 0 Å². The molecule has 3 aromatic rings. The van der Waals surface area contributed by atoms with Crippen molar-refractivity contribution in [2.24, 2.45) is 5.92 Å². The fourth-order valence-electron chi connectivity index (χ4n) is 7.53. The normalized spacial score (nSPS) is 22.3. The van der Waals surface area contributed by atoms with Crippen LogP contribution in [0.15, 0.2) is 47.0 Å². The minimum atomic E-state index is -4.85. The number of amides is 2. The molecule has 2 bridgehead atoms. The predicted molar refractivity (Wildman–Crippen MR) is 165 cm³/mol. The number of fused-ring (bicyclic) bond motifs is 3. The number of aryl methyl sites for hydroxylation is 1. The van der Waals surface area contributed by atoms with Crippen molar-refractivity contribution in [3.05, 3.63) is 64.9 Å². The number of para-hydroxylation sites is 1. The highest BCUT2D eigenvalue weighted by atomic mass is 19.4. The summed E-state index contributed by atoms with van der Waals surface area (Å²) in [6, 6.07) is 11.5. The topological polar surface area (TPSA) is 94.3 Å². The van der Waals surface area contributed by atoms with Crippen molar-refractivity contribution in [3.8, 4) is 17.0 Å². The van der Waals surface area contributed by atoms with Gasteiger partial charge in [-0.1, -0.05) is 23.4 Å². The summed E-state index contributed by atoms with van der Waals surface area (Å²) in [6.07, 6.45) is 2.26. The Hall–Kier alpha value is -4.06. The van der Waals surface area contributed by atoms with Gasteiger partial charge < -0.3 is 23.6 Å². The lowest BCUT2D eigenvalue weighted by Gasteiger charge is -2.43. The number of carbonyl (C=O) groups excluding carboxylic acids is 2. The second kappa shape index (κ2) is 12.9. The summed E-state index contributed by atoms with van der Waals surface area (Å²) in [5, 5.41) is 4.18. The van der Waals surface area contributed by atoms with Gasteiger partial charge in [0.15, 0.2) is 0 Å². The molecule has 47 heavy (non-hydrogen) atoms. The second-order valence-electron chi connectivity index (χ2n) is 12.9. The van der Waals surface area contributed by atoms with E-state index in [1.807, 2.05) is 15.9 Å². The molecule has 3 fully saturated rings. The van der Waals surface area contributed by atoms with Gasteiger partial charge in [0.25, 0.3) is 0 Å². The zero-order valence-electron chi connectivity index (χ0n) is 26.3. The van der Waals surface area contributed by atoms with Crippen molar-refractivity contribution in [2.45, 2.75) is 89.3 Å². The van der Waals surface area contributed by atoms with Gasteiger partial charge in [0.05, 0.1) is 25.4 Å². The maximum Gasteiger partial charge on any atom is 0.573 e. The summed E-state index contributed by atoms with van der Waals surface area (Å²) >= 11 is 0. The Balaban J connectivity index is 1.07. The fourth-order valence-corrected chi connectivity index (χ4v) is 7.53. The highest BCUT2D eigenvalue weighted by Crippen LogP contribution is 2.46. The molecule has 0 N–H and O–H groups in total. The largest absolute Gasteiger partial charge is 0.573 e. The van der Waals surface area contributed by atoms with Crippen LogP contribution in [0.4, 0.5) is 23.7 Å². The zero-order valence-corrected chi connectivity index (χ0v) is 26.3. The number of aromatic nitrogens is 1. The molecule has 2 amide bonds. The Morgan fingerprint density at radius 2 is 1.85 bits per heavy atom. The Kier molecular flexibility index (Phi) is 8.63. The van der Waals surface area contributed by atoms with Crippen LogP contribution in [0.5, 0.6) is 5.75 Å². The predicted octanol–water partition coefficient (Wildman–Crippen LogP) is 7.63. The zero-order chi connectivity index (χ0) is 32.7. The molecular formula is C35H38F3N3O6. The van der Waals surface area contributed by atoms with Crippen LogP contribution in [0.25, 0.3) is 11.3 Å². The Bertz CT molecular complexity index is 1640. The molecule has 3 atom stereocenters. The molecule has 7 rings (SSSR count). The molecule has 4 heterocycles. The highest BCUT2D eigenvalue weighted by molar-refractivity contribution is 5.97. The first kappa shape index (κ1) is 31.5. The number of hydrogen-bond acceptors (Lipinski definition) is 7. The number of alkyl halides is 3. The number of esters is 1. The van der Waals surface area contributed by atoms with Gasteiger partial charge in [-0.2, -0.15) is 0 Å². The molecule has 2 aromatic carbocycles. The highest BCUT2D eigenvalue weighted by Gasteiger charge is 2.47. The molecule has 2 saturated heterocycles. The number of hydrogen-bond donors (Lipinski definition) is 0. The lowest BCUT2D eigenvalue weighted by Crippen LogP contribution is -2.55. The van der Waals surface area contributed by atoms with E-state index in [0.717, 1.165) is 62.6 Å². The summed E-state index contributed by atoms with van der Waals surface area (Å²) in [7, 11) is 0. The van der Waals surface area contributed by atoms with Crippen LogP contribution in [-0.4, -0.2) is 60.3 Å². The number of nitrogens with zero attached hydrogens (tertiary/aromatic N) is 3. The number of carbonyl (C=O) groups is 2. The van der Waals surface area contributed by atoms with E-state index in [0.29, 0.717) is 35.7 Å². The minimum absolute atomic E-state index is 0.00521. The molecule has 3 unspecified atom stereocenters. The van der Waals surface area contributed by atoms with Gasteiger partial charge in [-0.3, -0.25) is 4.90 Å². The van der Waals surface area contributed by atoms with Crippen molar-refractivity contribution < 1.29 is 41.5 Å². The molecule has 12 heteroatoms. The van der Waals surface area contributed by atoms with Gasteiger partial charge in [-0.15, -0.1) is 13.2 Å². The molecule has 1 saturated carbocycles. The first-order valence-corrected chi connectivity index (χ1v) is 16.5. The number of halogens is 3. The number of urea groups is 1. The molecule has 4 aliphatic rings. The average Bonchev–Trinajstić information content (AvgIpc) is 3.74. The van der Waals surface area contributed by atoms with Gasteiger partial charge in [-0.25, -0.2) is 9.59 Å². The quantitative estimate of drug-likeness (QED) is 0.219. The number of ether oxygens (including phenoxy) is 3. The number of benzene rings is 2. The van der Waals surface area contributed by atoms with Gasteiger partial charge in [0.1, 0.15) is 17.2 Å². The number of anilines is 1. The minimum Gasteiger partial charge on any atom is -0.462 e. The van der Waals surface area contributed by atoms with Crippen LogP contribution in [0.2, 0.25) is 0 Å². The fraction of sp³-hybridized carbons (Fsp3) is 0.514. The van der Waals surface area contributed by atoms with Crippen LogP contribution < -0.4 is 9.64 Å². The first-order valence-electron chi connectivity index (χ1n) is 16.5. The van der Waals surface area contributed by atoms with Crippen LogP contribution in [0.3, 0.4) is 0 Å². The first-order chi connectivity index (χ1) is 22.7. The Labute approximate surface area is 270 Å². The Morgan fingerprint density at radius 1 is 1.04 bits per heavy atom. The van der Waals surface area contributed by atoms with Crippen molar-refractivity contribution in [1.29, 1.82) is 0 Å². The molecule has 1 aromatic heterocycles. The number of rotatable bonds is 9. The van der Waals surface area contributed by atoms with Crippen LogP contribution >= 0.6 is 0 Å². The molecule has 0 radical (unpaired) electrons. The van der Waals surface area contributed by atoms with E-state index in [1.54, 1.807) is 25.1 Å². The Morgan fingerprint density at radius 3 is 2.64 bits per heavy atom.